The van der Waals surface area contributed by atoms with Crippen LogP contribution in [0, 0.1) is 0 Å². The Hall–Kier alpha value is -1.97. The number of hydrazine groups is 1. The van der Waals surface area contributed by atoms with Gasteiger partial charge >= 0.3 is 0 Å². The van der Waals surface area contributed by atoms with Crippen molar-refractivity contribution >= 4 is 23.0 Å². The lowest BCUT2D eigenvalue weighted by atomic mass is 10.2. The quantitative estimate of drug-likeness (QED) is 0.564. The summed E-state index contributed by atoms with van der Waals surface area (Å²) in [6.07, 6.45) is 2.54. The zero-order valence-electron chi connectivity index (χ0n) is 7.82. The van der Waals surface area contributed by atoms with Crippen molar-refractivity contribution in [1.29, 1.82) is 0 Å². The van der Waals surface area contributed by atoms with Crippen LogP contribution < -0.4 is 10.9 Å². The van der Waals surface area contributed by atoms with Crippen molar-refractivity contribution in [3.63, 3.8) is 0 Å². The molecule has 0 unspecified atom stereocenters. The molecule has 0 saturated carbocycles. The van der Waals surface area contributed by atoms with E-state index in [1.54, 1.807) is 0 Å². The number of rotatable bonds is 3. The minimum absolute atomic E-state index is 0.613. The summed E-state index contributed by atoms with van der Waals surface area (Å²) in [6.45, 7) is 0. The Morgan fingerprint density at radius 3 is 2.93 bits per heavy atom. The highest BCUT2D eigenvalue weighted by Crippen LogP contribution is 2.23. The molecular weight excluding hydrogens is 178 g/mol. The van der Waals surface area contributed by atoms with E-state index in [1.165, 1.54) is 0 Å². The van der Waals surface area contributed by atoms with Gasteiger partial charge in [0.2, 0.25) is 6.41 Å². The van der Waals surface area contributed by atoms with E-state index in [2.05, 4.69) is 10.9 Å². The van der Waals surface area contributed by atoms with Gasteiger partial charge in [0.15, 0.2) is 0 Å². The van der Waals surface area contributed by atoms with E-state index in [1.807, 2.05) is 42.1 Å². The molecule has 4 heteroatoms. The summed E-state index contributed by atoms with van der Waals surface area (Å²) in [4.78, 5) is 10.1. The van der Waals surface area contributed by atoms with Crippen LogP contribution in [-0.2, 0) is 11.8 Å². The summed E-state index contributed by atoms with van der Waals surface area (Å²) in [6, 6.07) is 7.99. The Bertz CT molecular complexity index is 461. The van der Waals surface area contributed by atoms with Crippen LogP contribution >= 0.6 is 0 Å². The van der Waals surface area contributed by atoms with E-state index >= 15 is 0 Å². The molecule has 2 aromatic rings. The smallest absolute Gasteiger partial charge is 0.225 e. The average Bonchev–Trinajstić information content (AvgIpc) is 2.54. The third-order valence-electron chi connectivity index (χ3n) is 2.16. The Balaban J connectivity index is 2.49. The van der Waals surface area contributed by atoms with Crippen LogP contribution in [-0.4, -0.2) is 11.0 Å². The molecule has 1 aromatic carbocycles. The highest BCUT2D eigenvalue weighted by Gasteiger charge is 2.03. The van der Waals surface area contributed by atoms with Crippen molar-refractivity contribution in [1.82, 2.24) is 9.99 Å². The molecule has 0 atom stereocenters. The van der Waals surface area contributed by atoms with Crippen molar-refractivity contribution in [3.05, 3.63) is 30.5 Å². The number of nitrogens with zero attached hydrogens (tertiary/aromatic N) is 1. The zero-order valence-corrected chi connectivity index (χ0v) is 7.82. The molecule has 72 valence electrons. The molecule has 0 spiro atoms. The van der Waals surface area contributed by atoms with Crippen LogP contribution in [0.2, 0.25) is 0 Å². The number of benzene rings is 1. The summed E-state index contributed by atoms with van der Waals surface area (Å²) in [7, 11) is 1.97. The van der Waals surface area contributed by atoms with Crippen LogP contribution in [0.4, 0.5) is 5.69 Å². The standard InChI is InChI=1S/C10H11N3O/c1-13-6-9(12-11-7-14)8-4-2-3-5-10(8)13/h2-7,12H,1H3,(H,11,14). The van der Waals surface area contributed by atoms with E-state index in [0.29, 0.717) is 6.41 Å². The molecule has 0 aliphatic carbocycles. The van der Waals surface area contributed by atoms with Crippen LogP contribution in [0.5, 0.6) is 0 Å². The van der Waals surface area contributed by atoms with Gasteiger partial charge in [-0.1, -0.05) is 18.2 Å². The number of hydrogen-bond acceptors (Lipinski definition) is 2. The maximum Gasteiger partial charge on any atom is 0.225 e. The summed E-state index contributed by atoms with van der Waals surface area (Å²) < 4.78 is 2.00. The number of carbonyl (C=O) groups is 1. The van der Waals surface area contributed by atoms with Gasteiger partial charge in [0, 0.05) is 24.1 Å². The van der Waals surface area contributed by atoms with Crippen molar-refractivity contribution in [3.8, 4) is 0 Å². The Morgan fingerprint density at radius 2 is 2.14 bits per heavy atom. The fourth-order valence-corrected chi connectivity index (χ4v) is 1.55. The number of nitrogens with one attached hydrogen (secondary N) is 2. The molecule has 0 aliphatic rings. The predicted octanol–water partition coefficient (Wildman–Crippen LogP) is 1.25. The van der Waals surface area contributed by atoms with Gasteiger partial charge in [-0.3, -0.25) is 15.6 Å². The molecular formula is C10H11N3O. The fraction of sp³-hybridized carbons (Fsp3) is 0.100. The molecule has 0 bridgehead atoms. The van der Waals surface area contributed by atoms with Crippen LogP contribution in [0.1, 0.15) is 0 Å². The first kappa shape index (κ1) is 8.62. The van der Waals surface area contributed by atoms with E-state index in [4.69, 9.17) is 0 Å². The van der Waals surface area contributed by atoms with Gasteiger partial charge in [0.25, 0.3) is 0 Å². The first-order chi connectivity index (χ1) is 6.83. The van der Waals surface area contributed by atoms with Crippen molar-refractivity contribution < 1.29 is 4.79 Å². The molecule has 0 saturated heterocycles. The highest BCUT2D eigenvalue weighted by molar-refractivity contribution is 5.93. The molecule has 1 heterocycles. The third kappa shape index (κ3) is 1.31. The molecule has 2 rings (SSSR count). The van der Waals surface area contributed by atoms with E-state index in [-0.39, 0.29) is 0 Å². The number of hydrogen-bond donors (Lipinski definition) is 2. The van der Waals surface area contributed by atoms with Gasteiger partial charge in [-0.25, -0.2) is 0 Å². The Kier molecular flexibility index (Phi) is 2.10. The maximum absolute atomic E-state index is 10.1. The Labute approximate surface area is 81.5 Å². The first-order valence-electron chi connectivity index (χ1n) is 4.32. The highest BCUT2D eigenvalue weighted by atomic mass is 16.1. The molecule has 4 nitrogen and oxygen atoms in total. The summed E-state index contributed by atoms with van der Waals surface area (Å²) >= 11 is 0. The second-order valence-corrected chi connectivity index (χ2v) is 3.06. The predicted molar refractivity (Wildman–Crippen MR) is 55.7 cm³/mol. The van der Waals surface area contributed by atoms with E-state index in [0.717, 1.165) is 16.6 Å². The normalized spacial score (nSPS) is 10.1. The molecule has 0 aliphatic heterocycles. The topological polar surface area (TPSA) is 46.1 Å². The van der Waals surface area contributed by atoms with Gasteiger partial charge < -0.3 is 4.57 Å². The van der Waals surface area contributed by atoms with Gasteiger partial charge in [-0.05, 0) is 6.07 Å². The first-order valence-corrected chi connectivity index (χ1v) is 4.32. The summed E-state index contributed by atoms with van der Waals surface area (Å²) in [5, 5.41) is 1.09. The largest absolute Gasteiger partial charge is 0.348 e. The number of carbonyl (C=O) groups excluding carboxylic acids is 1. The van der Waals surface area contributed by atoms with Crippen LogP contribution in [0.3, 0.4) is 0 Å². The van der Waals surface area contributed by atoms with Crippen molar-refractivity contribution in [2.75, 3.05) is 5.43 Å². The molecule has 0 radical (unpaired) electrons. The Morgan fingerprint density at radius 1 is 1.36 bits per heavy atom. The number of aromatic nitrogens is 1. The zero-order chi connectivity index (χ0) is 9.97. The van der Waals surface area contributed by atoms with Gasteiger partial charge in [-0.15, -0.1) is 0 Å². The maximum atomic E-state index is 10.1. The van der Waals surface area contributed by atoms with Crippen LogP contribution in [0.25, 0.3) is 10.9 Å². The number of aryl methyl sites for hydroxylation is 1. The number of para-hydroxylation sites is 1. The van der Waals surface area contributed by atoms with Crippen LogP contribution in [0.15, 0.2) is 30.5 Å². The number of anilines is 1. The van der Waals surface area contributed by atoms with E-state index in [9.17, 15) is 4.79 Å². The average molecular weight is 189 g/mol. The SMILES string of the molecule is Cn1cc(NNC=O)c2ccccc21. The molecule has 14 heavy (non-hydrogen) atoms. The second kappa shape index (κ2) is 3.41. The van der Waals surface area contributed by atoms with Crippen molar-refractivity contribution in [2.24, 2.45) is 7.05 Å². The third-order valence-corrected chi connectivity index (χ3v) is 2.16. The summed E-state index contributed by atoms with van der Waals surface area (Å²) in [5.74, 6) is 0. The van der Waals surface area contributed by atoms with Gasteiger partial charge in [0.1, 0.15) is 0 Å². The van der Waals surface area contributed by atoms with Crippen molar-refractivity contribution in [2.45, 2.75) is 0 Å². The lowest BCUT2D eigenvalue weighted by Gasteiger charge is -2.00. The molecule has 1 aromatic heterocycles. The minimum Gasteiger partial charge on any atom is -0.348 e. The lowest BCUT2D eigenvalue weighted by molar-refractivity contribution is -0.109. The van der Waals surface area contributed by atoms with Gasteiger partial charge in [0.05, 0.1) is 5.69 Å². The monoisotopic (exact) mass is 189 g/mol. The minimum atomic E-state index is 0.613. The summed E-state index contributed by atoms with van der Waals surface area (Å²) in [5.41, 5.74) is 7.27. The molecule has 2 N–H and O–H groups in total. The molecule has 1 amide bonds. The fourth-order valence-electron chi connectivity index (χ4n) is 1.55. The number of fused-ring (bicyclic) bond motifs is 1. The molecule has 0 fully saturated rings. The van der Waals surface area contributed by atoms with Gasteiger partial charge in [-0.2, -0.15) is 0 Å². The van der Waals surface area contributed by atoms with E-state index < -0.39 is 0 Å². The lowest BCUT2D eigenvalue weighted by Crippen LogP contribution is -2.18. The second-order valence-electron chi connectivity index (χ2n) is 3.06. The number of amides is 1.